The van der Waals surface area contributed by atoms with Crippen LogP contribution in [0, 0.1) is 17.0 Å². The Balaban J connectivity index is 2.73. The first-order valence-electron chi connectivity index (χ1n) is 5.50. The third kappa shape index (κ3) is 3.73. The minimum atomic E-state index is -0.779. The molecule has 7 heteroatoms. The van der Waals surface area contributed by atoms with Crippen molar-refractivity contribution in [3.05, 3.63) is 49.9 Å². The number of aliphatic hydroxyl groups excluding tert-OH is 1. The van der Waals surface area contributed by atoms with Gasteiger partial charge in [0.25, 0.3) is 5.69 Å². The van der Waals surface area contributed by atoms with Gasteiger partial charge in [0.05, 0.1) is 11.0 Å². The zero-order valence-corrected chi connectivity index (χ0v) is 9.98. The van der Waals surface area contributed by atoms with Gasteiger partial charge < -0.3 is 5.11 Å². The van der Waals surface area contributed by atoms with E-state index >= 15 is 0 Å². The molecule has 18 heavy (non-hydrogen) atoms. The molecule has 1 atom stereocenters. The van der Waals surface area contributed by atoms with Crippen LogP contribution in [0.1, 0.15) is 30.1 Å². The van der Waals surface area contributed by atoms with Gasteiger partial charge >= 0.3 is 0 Å². The van der Waals surface area contributed by atoms with Gasteiger partial charge in [0.2, 0.25) is 0 Å². The molecular formula is C11H14N4O3. The van der Waals surface area contributed by atoms with Crippen molar-refractivity contribution in [1.82, 2.24) is 0 Å². The highest BCUT2D eigenvalue weighted by molar-refractivity contribution is 5.43. The van der Waals surface area contributed by atoms with Gasteiger partial charge in [0.1, 0.15) is 0 Å². The monoisotopic (exact) mass is 250 g/mol. The predicted octanol–water partition coefficient (Wildman–Crippen LogP) is 3.03. The van der Waals surface area contributed by atoms with Crippen LogP contribution in [-0.4, -0.2) is 16.6 Å². The molecular weight excluding hydrogens is 236 g/mol. The average molecular weight is 250 g/mol. The summed E-state index contributed by atoms with van der Waals surface area (Å²) >= 11 is 0. The molecule has 1 aromatic carbocycles. The van der Waals surface area contributed by atoms with E-state index in [1.165, 1.54) is 6.07 Å². The first-order chi connectivity index (χ1) is 8.56. The summed E-state index contributed by atoms with van der Waals surface area (Å²) in [5, 5.41) is 24.0. The minimum absolute atomic E-state index is 0.00148. The van der Waals surface area contributed by atoms with Crippen LogP contribution in [0.15, 0.2) is 23.3 Å². The molecule has 0 bridgehead atoms. The van der Waals surface area contributed by atoms with Gasteiger partial charge in [0, 0.05) is 23.1 Å². The summed E-state index contributed by atoms with van der Waals surface area (Å²) in [7, 11) is 0. The number of nitro benzene ring substituents is 1. The Bertz CT molecular complexity index is 483. The second-order valence-corrected chi connectivity index (χ2v) is 3.92. The van der Waals surface area contributed by atoms with E-state index in [0.29, 0.717) is 30.5 Å². The molecule has 0 aliphatic rings. The molecule has 0 aliphatic carbocycles. The summed E-state index contributed by atoms with van der Waals surface area (Å²) in [6.07, 6.45) is 0.157. The number of benzene rings is 1. The van der Waals surface area contributed by atoms with Crippen molar-refractivity contribution in [2.45, 2.75) is 25.9 Å². The van der Waals surface area contributed by atoms with E-state index in [4.69, 9.17) is 5.53 Å². The van der Waals surface area contributed by atoms with Crippen LogP contribution in [0.4, 0.5) is 5.69 Å². The van der Waals surface area contributed by atoms with Crippen molar-refractivity contribution in [2.75, 3.05) is 6.54 Å². The lowest BCUT2D eigenvalue weighted by Gasteiger charge is -2.10. The Hall–Kier alpha value is -2.11. The van der Waals surface area contributed by atoms with E-state index in [1.54, 1.807) is 19.1 Å². The summed E-state index contributed by atoms with van der Waals surface area (Å²) in [5.74, 6) is 0. The normalized spacial score (nSPS) is 11.7. The number of hydrogen-bond acceptors (Lipinski definition) is 4. The first-order valence-corrected chi connectivity index (χ1v) is 5.50. The van der Waals surface area contributed by atoms with E-state index in [1.807, 2.05) is 0 Å². The van der Waals surface area contributed by atoms with Gasteiger partial charge in [-0.15, -0.1) is 0 Å². The Morgan fingerprint density at radius 2 is 2.33 bits per heavy atom. The summed E-state index contributed by atoms with van der Waals surface area (Å²) in [6.45, 7) is 1.96. The largest absolute Gasteiger partial charge is 0.388 e. The zero-order valence-electron chi connectivity index (χ0n) is 9.98. The van der Waals surface area contributed by atoms with E-state index in [0.717, 1.165) is 0 Å². The maximum absolute atomic E-state index is 10.8. The molecule has 0 amide bonds. The third-order valence-electron chi connectivity index (χ3n) is 2.61. The Kier molecular flexibility index (Phi) is 5.10. The maximum atomic E-state index is 10.8. The summed E-state index contributed by atoms with van der Waals surface area (Å²) in [4.78, 5) is 12.9. The lowest BCUT2D eigenvalue weighted by molar-refractivity contribution is -0.385. The van der Waals surface area contributed by atoms with Gasteiger partial charge in [-0.1, -0.05) is 17.2 Å². The summed E-state index contributed by atoms with van der Waals surface area (Å²) < 4.78 is 0. The molecule has 7 nitrogen and oxygen atoms in total. The quantitative estimate of drug-likeness (QED) is 0.209. The number of aliphatic hydroxyl groups is 1. The van der Waals surface area contributed by atoms with Crippen molar-refractivity contribution in [3.63, 3.8) is 0 Å². The van der Waals surface area contributed by atoms with E-state index in [-0.39, 0.29) is 5.69 Å². The lowest BCUT2D eigenvalue weighted by Crippen LogP contribution is -2.00. The number of nitrogens with zero attached hydrogens (tertiary/aromatic N) is 4. The average Bonchev–Trinajstić information content (AvgIpc) is 2.34. The summed E-state index contributed by atoms with van der Waals surface area (Å²) in [5.41, 5.74) is 9.17. The Labute approximate surface area is 104 Å². The van der Waals surface area contributed by atoms with Crippen molar-refractivity contribution >= 4 is 5.69 Å². The highest BCUT2D eigenvalue weighted by Crippen LogP contribution is 2.25. The molecule has 1 rings (SSSR count). The van der Waals surface area contributed by atoms with Crippen LogP contribution < -0.4 is 0 Å². The molecule has 0 radical (unpaired) electrons. The molecule has 96 valence electrons. The molecule has 0 saturated carbocycles. The van der Waals surface area contributed by atoms with Gasteiger partial charge in [-0.25, -0.2) is 0 Å². The fraction of sp³-hybridized carbons (Fsp3) is 0.455. The Morgan fingerprint density at radius 1 is 1.61 bits per heavy atom. The van der Waals surface area contributed by atoms with Crippen molar-refractivity contribution in [1.29, 1.82) is 0 Å². The van der Waals surface area contributed by atoms with Gasteiger partial charge in [0.15, 0.2) is 0 Å². The molecule has 0 aliphatic heterocycles. The smallest absolute Gasteiger partial charge is 0.272 e. The molecule has 1 unspecified atom stereocenters. The topological polar surface area (TPSA) is 112 Å². The lowest BCUT2D eigenvalue weighted by atomic mass is 10.0. The molecule has 0 heterocycles. The molecule has 1 N–H and O–H groups in total. The number of rotatable bonds is 6. The van der Waals surface area contributed by atoms with Gasteiger partial charge in [-0.2, -0.15) is 0 Å². The van der Waals surface area contributed by atoms with E-state index in [9.17, 15) is 15.2 Å². The van der Waals surface area contributed by atoms with E-state index < -0.39 is 11.0 Å². The number of aryl methyl sites for hydroxylation is 1. The fourth-order valence-electron chi connectivity index (χ4n) is 1.60. The SMILES string of the molecule is Cc1ccc(C(O)CCCN=[N+]=[N-])cc1[N+](=O)[O-]. The van der Waals surface area contributed by atoms with Crippen LogP contribution in [0.5, 0.6) is 0 Å². The second-order valence-electron chi connectivity index (χ2n) is 3.92. The van der Waals surface area contributed by atoms with Crippen LogP contribution in [0.3, 0.4) is 0 Å². The number of hydrogen-bond donors (Lipinski definition) is 1. The molecule has 1 aromatic rings. The first kappa shape index (κ1) is 14.0. The van der Waals surface area contributed by atoms with E-state index in [2.05, 4.69) is 10.0 Å². The zero-order chi connectivity index (χ0) is 13.5. The number of azide groups is 1. The van der Waals surface area contributed by atoms with Crippen molar-refractivity contribution in [3.8, 4) is 0 Å². The van der Waals surface area contributed by atoms with Crippen LogP contribution in [0.2, 0.25) is 0 Å². The third-order valence-corrected chi connectivity index (χ3v) is 2.61. The Morgan fingerprint density at radius 3 is 2.94 bits per heavy atom. The van der Waals surface area contributed by atoms with Gasteiger partial charge in [-0.3, -0.25) is 10.1 Å². The maximum Gasteiger partial charge on any atom is 0.272 e. The molecule has 0 spiro atoms. The predicted molar refractivity (Wildman–Crippen MR) is 66.0 cm³/mol. The van der Waals surface area contributed by atoms with Crippen molar-refractivity contribution in [2.24, 2.45) is 5.11 Å². The molecule has 0 fully saturated rings. The molecule has 0 aromatic heterocycles. The standard InChI is InChI=1S/C11H14N4O3/c1-8-4-5-9(7-10(8)15(17)18)11(16)3-2-6-13-14-12/h4-5,7,11,16H,2-3,6H2,1H3. The second kappa shape index (κ2) is 6.58. The van der Waals surface area contributed by atoms with Crippen LogP contribution >= 0.6 is 0 Å². The highest BCUT2D eigenvalue weighted by Gasteiger charge is 2.15. The van der Waals surface area contributed by atoms with Crippen molar-refractivity contribution < 1.29 is 10.0 Å². The van der Waals surface area contributed by atoms with Crippen LogP contribution in [-0.2, 0) is 0 Å². The highest BCUT2D eigenvalue weighted by atomic mass is 16.6. The molecule has 0 saturated heterocycles. The van der Waals surface area contributed by atoms with Crippen LogP contribution in [0.25, 0.3) is 10.4 Å². The summed E-state index contributed by atoms with van der Waals surface area (Å²) in [6, 6.07) is 4.66. The van der Waals surface area contributed by atoms with Gasteiger partial charge in [-0.05, 0) is 30.9 Å². The number of nitro groups is 1. The minimum Gasteiger partial charge on any atom is -0.388 e. The fourth-order valence-corrected chi connectivity index (χ4v) is 1.60.